The number of benzene rings is 1. The predicted molar refractivity (Wildman–Crippen MR) is 80.0 cm³/mol. The van der Waals surface area contributed by atoms with E-state index >= 15 is 0 Å². The summed E-state index contributed by atoms with van der Waals surface area (Å²) in [5, 5.41) is 3.29. The fourth-order valence-electron chi connectivity index (χ4n) is 1.60. The Balaban J connectivity index is 2.30. The van der Waals surface area contributed by atoms with E-state index in [9.17, 15) is 4.79 Å². The van der Waals surface area contributed by atoms with Gasteiger partial charge in [0.2, 0.25) is 0 Å². The average molecular weight is 280 g/mol. The SMILES string of the molecule is CCCCNc1ccc(C(=O)OCCOCCN)cc1. The minimum atomic E-state index is -0.332. The Hall–Kier alpha value is -1.59. The molecule has 0 saturated heterocycles. The zero-order valence-corrected chi connectivity index (χ0v) is 12.1. The van der Waals surface area contributed by atoms with Crippen LogP contribution in [-0.2, 0) is 9.47 Å². The molecule has 1 aromatic rings. The van der Waals surface area contributed by atoms with E-state index in [4.69, 9.17) is 15.2 Å². The number of ether oxygens (including phenoxy) is 2. The summed E-state index contributed by atoms with van der Waals surface area (Å²) in [4.78, 5) is 11.7. The second-order valence-electron chi connectivity index (χ2n) is 4.39. The van der Waals surface area contributed by atoms with E-state index in [1.807, 2.05) is 12.1 Å². The van der Waals surface area contributed by atoms with E-state index in [1.54, 1.807) is 12.1 Å². The largest absolute Gasteiger partial charge is 0.460 e. The number of nitrogens with two attached hydrogens (primary N) is 1. The lowest BCUT2D eigenvalue weighted by atomic mass is 10.2. The zero-order chi connectivity index (χ0) is 14.6. The van der Waals surface area contributed by atoms with Gasteiger partial charge in [0.05, 0.1) is 18.8 Å². The van der Waals surface area contributed by atoms with Crippen molar-refractivity contribution >= 4 is 11.7 Å². The number of hydrogen-bond acceptors (Lipinski definition) is 5. The van der Waals surface area contributed by atoms with Crippen LogP contribution in [0.5, 0.6) is 0 Å². The Morgan fingerprint density at radius 1 is 1.20 bits per heavy atom. The standard InChI is InChI=1S/C15H24N2O3/c1-2-3-9-17-14-6-4-13(5-7-14)15(18)20-12-11-19-10-8-16/h4-7,17H,2-3,8-12,16H2,1H3. The van der Waals surface area contributed by atoms with Crippen LogP contribution in [0.15, 0.2) is 24.3 Å². The first-order chi connectivity index (χ1) is 9.77. The van der Waals surface area contributed by atoms with E-state index in [2.05, 4.69) is 12.2 Å². The van der Waals surface area contributed by atoms with Crippen LogP contribution in [-0.4, -0.2) is 38.9 Å². The molecule has 0 spiro atoms. The van der Waals surface area contributed by atoms with Gasteiger partial charge >= 0.3 is 5.97 Å². The van der Waals surface area contributed by atoms with Crippen molar-refractivity contribution in [3.05, 3.63) is 29.8 Å². The van der Waals surface area contributed by atoms with Crippen LogP contribution < -0.4 is 11.1 Å². The van der Waals surface area contributed by atoms with Gasteiger partial charge in [-0.3, -0.25) is 0 Å². The van der Waals surface area contributed by atoms with E-state index in [0.29, 0.717) is 25.3 Å². The summed E-state index contributed by atoms with van der Waals surface area (Å²) in [7, 11) is 0. The van der Waals surface area contributed by atoms with Crippen molar-refractivity contribution in [1.82, 2.24) is 0 Å². The molecule has 0 heterocycles. The minimum absolute atomic E-state index is 0.245. The molecular formula is C15H24N2O3. The van der Waals surface area contributed by atoms with E-state index in [1.165, 1.54) is 0 Å². The van der Waals surface area contributed by atoms with Gasteiger partial charge in [0.25, 0.3) is 0 Å². The van der Waals surface area contributed by atoms with Crippen molar-refractivity contribution in [2.24, 2.45) is 5.73 Å². The van der Waals surface area contributed by atoms with Crippen molar-refractivity contribution in [3.8, 4) is 0 Å². The lowest BCUT2D eigenvalue weighted by Crippen LogP contribution is -2.14. The number of hydrogen-bond donors (Lipinski definition) is 2. The van der Waals surface area contributed by atoms with Gasteiger partial charge in [0.1, 0.15) is 6.61 Å². The van der Waals surface area contributed by atoms with Crippen molar-refractivity contribution in [2.75, 3.05) is 38.2 Å². The number of rotatable bonds is 10. The highest BCUT2D eigenvalue weighted by molar-refractivity contribution is 5.89. The summed E-state index contributed by atoms with van der Waals surface area (Å²) < 4.78 is 10.2. The average Bonchev–Trinajstić information content (AvgIpc) is 2.48. The molecular weight excluding hydrogens is 256 g/mol. The molecule has 0 aromatic heterocycles. The highest BCUT2D eigenvalue weighted by Crippen LogP contribution is 2.10. The second kappa shape index (κ2) is 10.2. The van der Waals surface area contributed by atoms with Gasteiger partial charge in [-0.05, 0) is 30.7 Å². The maximum absolute atomic E-state index is 11.7. The van der Waals surface area contributed by atoms with Crippen LogP contribution >= 0.6 is 0 Å². The monoisotopic (exact) mass is 280 g/mol. The van der Waals surface area contributed by atoms with Gasteiger partial charge in [-0.2, -0.15) is 0 Å². The second-order valence-corrected chi connectivity index (χ2v) is 4.39. The molecule has 0 unspecified atom stereocenters. The molecule has 0 aliphatic carbocycles. The van der Waals surface area contributed by atoms with Crippen molar-refractivity contribution in [2.45, 2.75) is 19.8 Å². The van der Waals surface area contributed by atoms with Crippen molar-refractivity contribution in [3.63, 3.8) is 0 Å². The van der Waals surface area contributed by atoms with Crippen LogP contribution in [0.2, 0.25) is 0 Å². The summed E-state index contributed by atoms with van der Waals surface area (Å²) in [6.07, 6.45) is 2.29. The summed E-state index contributed by atoms with van der Waals surface area (Å²) in [6, 6.07) is 7.29. The Kier molecular flexibility index (Phi) is 8.42. The fourth-order valence-corrected chi connectivity index (χ4v) is 1.60. The molecule has 0 radical (unpaired) electrons. The van der Waals surface area contributed by atoms with E-state index in [0.717, 1.165) is 25.1 Å². The Morgan fingerprint density at radius 2 is 1.95 bits per heavy atom. The maximum Gasteiger partial charge on any atom is 0.338 e. The Labute approximate surface area is 120 Å². The third-order valence-corrected chi connectivity index (χ3v) is 2.70. The number of carbonyl (C=O) groups excluding carboxylic acids is 1. The molecule has 0 atom stereocenters. The molecule has 1 aromatic carbocycles. The molecule has 112 valence electrons. The quantitative estimate of drug-likeness (QED) is 0.507. The maximum atomic E-state index is 11.7. The highest BCUT2D eigenvalue weighted by atomic mass is 16.6. The summed E-state index contributed by atoms with van der Waals surface area (Å²) >= 11 is 0. The van der Waals surface area contributed by atoms with E-state index < -0.39 is 0 Å². The molecule has 20 heavy (non-hydrogen) atoms. The zero-order valence-electron chi connectivity index (χ0n) is 12.1. The van der Waals surface area contributed by atoms with Crippen LogP contribution in [0.4, 0.5) is 5.69 Å². The normalized spacial score (nSPS) is 10.3. The molecule has 3 N–H and O–H groups in total. The van der Waals surface area contributed by atoms with Crippen LogP contribution in [0.1, 0.15) is 30.1 Å². The third kappa shape index (κ3) is 6.54. The van der Waals surface area contributed by atoms with Crippen LogP contribution in [0, 0.1) is 0 Å². The minimum Gasteiger partial charge on any atom is -0.460 e. The molecule has 0 aliphatic heterocycles. The Morgan fingerprint density at radius 3 is 2.60 bits per heavy atom. The smallest absolute Gasteiger partial charge is 0.338 e. The third-order valence-electron chi connectivity index (χ3n) is 2.70. The molecule has 0 saturated carbocycles. The molecule has 5 nitrogen and oxygen atoms in total. The molecule has 0 bridgehead atoms. The van der Waals surface area contributed by atoms with Gasteiger partial charge in [-0.25, -0.2) is 4.79 Å². The molecule has 1 rings (SSSR count). The molecule has 0 aliphatic rings. The van der Waals surface area contributed by atoms with E-state index in [-0.39, 0.29) is 12.6 Å². The number of nitrogens with one attached hydrogen (secondary N) is 1. The van der Waals surface area contributed by atoms with Crippen LogP contribution in [0.25, 0.3) is 0 Å². The van der Waals surface area contributed by atoms with Gasteiger partial charge in [0, 0.05) is 18.8 Å². The van der Waals surface area contributed by atoms with Gasteiger partial charge in [-0.1, -0.05) is 13.3 Å². The first-order valence-corrected chi connectivity index (χ1v) is 7.06. The van der Waals surface area contributed by atoms with Gasteiger partial charge < -0.3 is 20.5 Å². The lowest BCUT2D eigenvalue weighted by Gasteiger charge is -2.07. The predicted octanol–water partition coefficient (Wildman–Crippen LogP) is 2.03. The molecule has 0 fully saturated rings. The fraction of sp³-hybridized carbons (Fsp3) is 0.533. The summed E-state index contributed by atoms with van der Waals surface area (Å²) in [6.45, 7) is 4.67. The number of unbranched alkanes of at least 4 members (excludes halogenated alkanes) is 1. The summed E-state index contributed by atoms with van der Waals surface area (Å²) in [5.41, 5.74) is 6.84. The van der Waals surface area contributed by atoms with Gasteiger partial charge in [0.15, 0.2) is 0 Å². The number of anilines is 1. The topological polar surface area (TPSA) is 73.6 Å². The van der Waals surface area contributed by atoms with Crippen molar-refractivity contribution < 1.29 is 14.3 Å². The highest BCUT2D eigenvalue weighted by Gasteiger charge is 2.06. The first-order valence-electron chi connectivity index (χ1n) is 7.06. The Bertz CT molecular complexity index is 379. The first kappa shape index (κ1) is 16.5. The molecule has 5 heteroatoms. The molecule has 0 amide bonds. The number of esters is 1. The van der Waals surface area contributed by atoms with Gasteiger partial charge in [-0.15, -0.1) is 0 Å². The number of carbonyl (C=O) groups is 1. The lowest BCUT2D eigenvalue weighted by molar-refractivity contribution is 0.0328. The van der Waals surface area contributed by atoms with Crippen molar-refractivity contribution in [1.29, 1.82) is 0 Å². The van der Waals surface area contributed by atoms with Crippen LogP contribution in [0.3, 0.4) is 0 Å². The summed E-state index contributed by atoms with van der Waals surface area (Å²) in [5.74, 6) is -0.332.